The summed E-state index contributed by atoms with van der Waals surface area (Å²) in [6.45, 7) is 7.40. The standard InChI is InChI=1S/C25H32N4O3S/c1-5-7-8-9-18(10-12-31-4)20-15-26-25(28-20)29-23(30)21-16-33-24(27-21)17(3)14-19-11-13-32-22(19)6-2/h6,8-10,14-17H,5,7,11-13H2,1-4H3,(H2,26,28,29,30)/b9-8-,18-10+,19-14-,22-6+. The fraction of sp³-hybridized carbons (Fsp3) is 0.400. The van der Waals surface area contributed by atoms with Crippen molar-refractivity contribution in [1.82, 2.24) is 15.0 Å². The predicted octanol–water partition coefficient (Wildman–Crippen LogP) is 5.86. The number of hydrogen-bond donors (Lipinski definition) is 2. The second-order valence-electron chi connectivity index (χ2n) is 7.71. The van der Waals surface area contributed by atoms with E-state index in [1.165, 1.54) is 16.9 Å². The Balaban J connectivity index is 1.67. The van der Waals surface area contributed by atoms with Gasteiger partial charge in [-0.3, -0.25) is 10.1 Å². The Kier molecular flexibility index (Phi) is 9.21. The number of nitrogens with zero attached hydrogens (tertiary/aromatic N) is 2. The third-order valence-corrected chi connectivity index (χ3v) is 6.19. The largest absolute Gasteiger partial charge is 0.493 e. The average molecular weight is 469 g/mol. The number of aromatic amines is 1. The molecule has 0 bridgehead atoms. The van der Waals surface area contributed by atoms with Gasteiger partial charge in [-0.05, 0) is 36.6 Å². The number of amides is 1. The van der Waals surface area contributed by atoms with E-state index in [0.717, 1.165) is 41.3 Å². The Morgan fingerprint density at radius 3 is 3.06 bits per heavy atom. The first-order valence-corrected chi connectivity index (χ1v) is 12.1. The lowest BCUT2D eigenvalue weighted by atomic mass is 10.1. The zero-order chi connectivity index (χ0) is 23.6. The lowest BCUT2D eigenvalue weighted by molar-refractivity contribution is 0.102. The maximum absolute atomic E-state index is 12.7. The van der Waals surface area contributed by atoms with E-state index >= 15 is 0 Å². The third kappa shape index (κ3) is 6.76. The molecule has 1 amide bonds. The number of hydrogen-bond acceptors (Lipinski definition) is 6. The highest BCUT2D eigenvalue weighted by atomic mass is 32.1. The van der Waals surface area contributed by atoms with Crippen molar-refractivity contribution in [2.75, 3.05) is 25.6 Å². The van der Waals surface area contributed by atoms with E-state index in [2.05, 4.69) is 46.3 Å². The molecule has 1 aliphatic heterocycles. The van der Waals surface area contributed by atoms with Gasteiger partial charge in [0.1, 0.15) is 16.5 Å². The lowest BCUT2D eigenvalue weighted by Crippen LogP contribution is -2.13. The van der Waals surface area contributed by atoms with Gasteiger partial charge in [0.15, 0.2) is 0 Å². The van der Waals surface area contributed by atoms with Crippen LogP contribution in [0.4, 0.5) is 5.95 Å². The molecule has 33 heavy (non-hydrogen) atoms. The van der Waals surface area contributed by atoms with Crippen LogP contribution in [0.3, 0.4) is 0 Å². The number of carbonyl (C=O) groups excluding carboxylic acids is 1. The Morgan fingerprint density at radius 2 is 2.30 bits per heavy atom. The molecule has 1 fully saturated rings. The van der Waals surface area contributed by atoms with Gasteiger partial charge in [-0.15, -0.1) is 11.3 Å². The van der Waals surface area contributed by atoms with E-state index in [-0.39, 0.29) is 11.8 Å². The molecule has 2 aromatic heterocycles. The number of nitrogens with one attached hydrogen (secondary N) is 2. The van der Waals surface area contributed by atoms with Crippen LogP contribution in [0.1, 0.15) is 67.1 Å². The highest BCUT2D eigenvalue weighted by Crippen LogP contribution is 2.29. The van der Waals surface area contributed by atoms with Crippen LogP contribution >= 0.6 is 11.3 Å². The molecule has 0 radical (unpaired) electrons. The fourth-order valence-electron chi connectivity index (χ4n) is 3.42. The van der Waals surface area contributed by atoms with E-state index in [1.807, 2.05) is 25.2 Å². The number of unbranched alkanes of at least 4 members (excludes halogenated alkanes) is 1. The van der Waals surface area contributed by atoms with Crippen molar-refractivity contribution in [3.05, 3.63) is 69.7 Å². The molecule has 8 heteroatoms. The molecular formula is C25H32N4O3S. The number of allylic oxidation sites excluding steroid dienone is 6. The van der Waals surface area contributed by atoms with E-state index in [1.54, 1.807) is 18.7 Å². The van der Waals surface area contributed by atoms with Gasteiger partial charge in [-0.2, -0.15) is 0 Å². The summed E-state index contributed by atoms with van der Waals surface area (Å²) in [6.07, 6.45) is 15.0. The molecule has 0 aromatic carbocycles. The molecular weight excluding hydrogens is 436 g/mol. The Bertz CT molecular complexity index is 1060. The summed E-state index contributed by atoms with van der Waals surface area (Å²) in [5.41, 5.74) is 3.35. The Labute approximate surface area is 199 Å². The van der Waals surface area contributed by atoms with Gasteiger partial charge in [0.2, 0.25) is 5.95 Å². The molecule has 1 unspecified atom stereocenters. The average Bonchev–Trinajstić information content (AvgIpc) is 3.57. The predicted molar refractivity (Wildman–Crippen MR) is 133 cm³/mol. The number of rotatable bonds is 10. The molecule has 2 N–H and O–H groups in total. The summed E-state index contributed by atoms with van der Waals surface area (Å²) < 4.78 is 10.8. The summed E-state index contributed by atoms with van der Waals surface area (Å²) in [4.78, 5) is 24.8. The molecule has 0 aliphatic carbocycles. The van der Waals surface area contributed by atoms with Gasteiger partial charge >= 0.3 is 0 Å². The number of methoxy groups -OCH3 is 1. The van der Waals surface area contributed by atoms with Crippen LogP contribution < -0.4 is 5.32 Å². The van der Waals surface area contributed by atoms with Crippen molar-refractivity contribution in [2.45, 2.75) is 46.0 Å². The molecule has 0 spiro atoms. The van der Waals surface area contributed by atoms with Crippen molar-refractivity contribution in [2.24, 2.45) is 0 Å². The summed E-state index contributed by atoms with van der Waals surface area (Å²) in [5.74, 6) is 1.13. The maximum atomic E-state index is 12.7. The first kappa shape index (κ1) is 24.7. The minimum atomic E-state index is -0.291. The topological polar surface area (TPSA) is 89.1 Å². The Morgan fingerprint density at radius 1 is 1.45 bits per heavy atom. The number of ether oxygens (including phenoxy) is 2. The van der Waals surface area contributed by atoms with Crippen LogP contribution in [0.5, 0.6) is 0 Å². The summed E-state index contributed by atoms with van der Waals surface area (Å²) >= 11 is 1.48. The molecule has 0 saturated carbocycles. The van der Waals surface area contributed by atoms with Gasteiger partial charge in [0.25, 0.3) is 5.91 Å². The number of aromatic nitrogens is 3. The molecule has 3 heterocycles. The normalized spacial score (nSPS) is 17.8. The fourth-order valence-corrected chi connectivity index (χ4v) is 4.24. The van der Waals surface area contributed by atoms with Crippen LogP contribution in [0.15, 0.2) is 53.3 Å². The van der Waals surface area contributed by atoms with Crippen molar-refractivity contribution >= 4 is 28.8 Å². The van der Waals surface area contributed by atoms with E-state index in [4.69, 9.17) is 9.47 Å². The highest BCUT2D eigenvalue weighted by molar-refractivity contribution is 7.10. The summed E-state index contributed by atoms with van der Waals surface area (Å²) in [6, 6.07) is 0. The summed E-state index contributed by atoms with van der Waals surface area (Å²) in [7, 11) is 1.66. The van der Waals surface area contributed by atoms with Crippen LogP contribution in [-0.2, 0) is 9.47 Å². The van der Waals surface area contributed by atoms with Gasteiger partial charge in [0, 0.05) is 24.8 Å². The highest BCUT2D eigenvalue weighted by Gasteiger charge is 2.19. The quantitative estimate of drug-likeness (QED) is 0.426. The first-order valence-electron chi connectivity index (χ1n) is 11.2. The van der Waals surface area contributed by atoms with Crippen LogP contribution in [0, 0.1) is 0 Å². The molecule has 1 atom stereocenters. The third-order valence-electron chi connectivity index (χ3n) is 5.14. The number of carbonyl (C=O) groups is 1. The maximum Gasteiger partial charge on any atom is 0.277 e. The number of thiazole rings is 1. The van der Waals surface area contributed by atoms with Crippen LogP contribution in [-0.4, -0.2) is 41.2 Å². The minimum Gasteiger partial charge on any atom is -0.493 e. The number of anilines is 1. The van der Waals surface area contributed by atoms with Gasteiger partial charge in [-0.1, -0.05) is 38.5 Å². The first-order chi connectivity index (χ1) is 16.0. The number of imidazole rings is 1. The van der Waals surface area contributed by atoms with Crippen molar-refractivity contribution in [3.8, 4) is 0 Å². The molecule has 3 rings (SSSR count). The minimum absolute atomic E-state index is 0.0989. The Hall–Kier alpha value is -2.97. The zero-order valence-electron chi connectivity index (χ0n) is 19.7. The van der Waals surface area contributed by atoms with Crippen LogP contribution in [0.2, 0.25) is 0 Å². The molecule has 1 aliphatic rings. The van der Waals surface area contributed by atoms with Gasteiger partial charge < -0.3 is 14.5 Å². The molecule has 176 valence electrons. The second kappa shape index (κ2) is 12.3. The van der Waals surface area contributed by atoms with E-state index in [9.17, 15) is 4.79 Å². The summed E-state index contributed by atoms with van der Waals surface area (Å²) in [5, 5.41) is 5.48. The number of H-pyrrole nitrogens is 1. The van der Waals surface area contributed by atoms with Crippen molar-refractivity contribution in [3.63, 3.8) is 0 Å². The molecule has 7 nitrogen and oxygen atoms in total. The SMILES string of the molecule is C/C=C1/OCC/C1=C/C(C)c1nc(C(=O)Nc2ncc(C(/C=C\CCC)=C/COC)[nH]2)cs1. The molecule has 1 saturated heterocycles. The van der Waals surface area contributed by atoms with Crippen LogP contribution in [0.25, 0.3) is 5.57 Å². The van der Waals surface area contributed by atoms with Gasteiger partial charge in [0.05, 0.1) is 25.1 Å². The lowest BCUT2D eigenvalue weighted by Gasteiger charge is -2.05. The van der Waals surface area contributed by atoms with Crippen molar-refractivity contribution in [1.29, 1.82) is 0 Å². The van der Waals surface area contributed by atoms with E-state index < -0.39 is 0 Å². The smallest absolute Gasteiger partial charge is 0.277 e. The van der Waals surface area contributed by atoms with Crippen molar-refractivity contribution < 1.29 is 14.3 Å². The monoisotopic (exact) mass is 468 g/mol. The van der Waals surface area contributed by atoms with Gasteiger partial charge in [-0.25, -0.2) is 9.97 Å². The zero-order valence-corrected chi connectivity index (χ0v) is 20.5. The second-order valence-corrected chi connectivity index (χ2v) is 8.60. The molecule has 2 aromatic rings. The van der Waals surface area contributed by atoms with E-state index in [0.29, 0.717) is 24.9 Å².